The summed E-state index contributed by atoms with van der Waals surface area (Å²) in [5, 5.41) is 9.56. The van der Waals surface area contributed by atoms with E-state index in [1.807, 2.05) is 0 Å². The molecule has 0 aliphatic rings. The van der Waals surface area contributed by atoms with Gasteiger partial charge in [-0.2, -0.15) is 0 Å². The zero-order valence-electron chi connectivity index (χ0n) is 19.4. The molecule has 3 aromatic rings. The summed E-state index contributed by atoms with van der Waals surface area (Å²) in [4.78, 5) is 9.77. The molecular weight excluding hydrogens is 370 g/mol. The minimum absolute atomic E-state index is 0.287. The van der Waals surface area contributed by atoms with E-state index in [9.17, 15) is 0 Å². The van der Waals surface area contributed by atoms with Crippen molar-refractivity contribution in [3.05, 3.63) is 42.5 Å². The number of fused-ring (bicyclic) bond motifs is 2. The largest absolute Gasteiger partial charge is 0.370 e. The van der Waals surface area contributed by atoms with Gasteiger partial charge in [0.15, 0.2) is 0 Å². The SMILES string of the molecule is CCN(CC)C(C)Nc1ccc2cc3ccc(NC(C)N(CC)CC)cc3nc2c1. The molecule has 0 aliphatic heterocycles. The number of hydrogen-bond acceptors (Lipinski definition) is 5. The second-order valence-corrected chi connectivity index (χ2v) is 7.89. The molecule has 0 spiro atoms. The van der Waals surface area contributed by atoms with Gasteiger partial charge in [0.2, 0.25) is 0 Å². The van der Waals surface area contributed by atoms with Crippen molar-refractivity contribution in [1.29, 1.82) is 0 Å². The first-order valence-corrected chi connectivity index (χ1v) is 11.3. The lowest BCUT2D eigenvalue weighted by Crippen LogP contribution is -2.38. The van der Waals surface area contributed by atoms with Gasteiger partial charge in [0, 0.05) is 22.1 Å². The molecule has 0 bridgehead atoms. The van der Waals surface area contributed by atoms with E-state index >= 15 is 0 Å². The molecule has 2 aromatic carbocycles. The Bertz CT molecular complexity index is 887. The molecule has 3 rings (SSSR count). The standard InChI is InChI=1S/C25H37N5/c1-7-29(8-2)18(5)26-22-13-11-20-15-21-12-14-23(17-25(21)28-24(20)16-22)27-19(6)30(9-3)10-4/h11-19,26-27H,7-10H2,1-6H3. The Hall–Kier alpha value is -2.37. The van der Waals surface area contributed by atoms with Crippen molar-refractivity contribution in [2.45, 2.75) is 53.9 Å². The monoisotopic (exact) mass is 407 g/mol. The summed E-state index contributed by atoms with van der Waals surface area (Å²) in [6, 6.07) is 15.2. The zero-order valence-corrected chi connectivity index (χ0v) is 19.4. The van der Waals surface area contributed by atoms with Crippen LogP contribution in [0, 0.1) is 0 Å². The highest BCUT2D eigenvalue weighted by atomic mass is 15.3. The first-order valence-electron chi connectivity index (χ1n) is 11.3. The first-order chi connectivity index (χ1) is 14.5. The van der Waals surface area contributed by atoms with Gasteiger partial charge in [-0.05, 0) is 70.4 Å². The summed E-state index contributed by atoms with van der Waals surface area (Å²) in [7, 11) is 0. The maximum atomic E-state index is 4.98. The predicted octanol–water partition coefficient (Wildman–Crippen LogP) is 5.59. The molecule has 5 heteroatoms. The number of anilines is 2. The smallest absolute Gasteiger partial charge is 0.0764 e. The van der Waals surface area contributed by atoms with Crippen LogP contribution in [0.1, 0.15) is 41.5 Å². The van der Waals surface area contributed by atoms with Crippen LogP contribution in [0.3, 0.4) is 0 Å². The number of nitrogens with one attached hydrogen (secondary N) is 2. The third kappa shape index (κ3) is 5.02. The Morgan fingerprint density at radius 2 is 1.07 bits per heavy atom. The van der Waals surface area contributed by atoms with E-state index in [1.165, 1.54) is 10.8 Å². The lowest BCUT2D eigenvalue weighted by Gasteiger charge is -2.28. The van der Waals surface area contributed by atoms with Gasteiger partial charge in [-0.15, -0.1) is 0 Å². The molecular formula is C25H37N5. The van der Waals surface area contributed by atoms with E-state index in [2.05, 4.69) is 104 Å². The molecule has 0 amide bonds. The van der Waals surface area contributed by atoms with Crippen LogP contribution in [0.2, 0.25) is 0 Å². The summed E-state index contributed by atoms with van der Waals surface area (Å²) in [6.07, 6.45) is 0.575. The van der Waals surface area contributed by atoms with E-state index in [4.69, 9.17) is 4.98 Å². The molecule has 30 heavy (non-hydrogen) atoms. The number of pyridine rings is 1. The van der Waals surface area contributed by atoms with Gasteiger partial charge < -0.3 is 10.6 Å². The molecule has 2 N–H and O–H groups in total. The normalized spacial score (nSPS) is 13.9. The Balaban J connectivity index is 1.87. The van der Waals surface area contributed by atoms with Gasteiger partial charge in [0.05, 0.1) is 23.4 Å². The van der Waals surface area contributed by atoms with Crippen LogP contribution >= 0.6 is 0 Å². The average molecular weight is 408 g/mol. The van der Waals surface area contributed by atoms with E-state index in [1.54, 1.807) is 0 Å². The molecule has 2 atom stereocenters. The van der Waals surface area contributed by atoms with Crippen molar-refractivity contribution < 1.29 is 0 Å². The minimum Gasteiger partial charge on any atom is -0.370 e. The van der Waals surface area contributed by atoms with Crippen molar-refractivity contribution in [2.75, 3.05) is 36.8 Å². The number of hydrogen-bond donors (Lipinski definition) is 2. The number of aromatic nitrogens is 1. The van der Waals surface area contributed by atoms with Crippen LogP contribution in [0.5, 0.6) is 0 Å². The van der Waals surface area contributed by atoms with E-state index < -0.39 is 0 Å². The highest BCUT2D eigenvalue weighted by Crippen LogP contribution is 2.25. The van der Waals surface area contributed by atoms with Crippen LogP contribution in [-0.2, 0) is 0 Å². The van der Waals surface area contributed by atoms with Crippen LogP contribution < -0.4 is 10.6 Å². The minimum atomic E-state index is 0.287. The molecule has 1 aromatic heterocycles. The van der Waals surface area contributed by atoms with Crippen molar-refractivity contribution in [3.8, 4) is 0 Å². The molecule has 162 valence electrons. The van der Waals surface area contributed by atoms with E-state index in [-0.39, 0.29) is 12.3 Å². The fourth-order valence-electron chi connectivity index (χ4n) is 4.21. The number of benzene rings is 2. The lowest BCUT2D eigenvalue weighted by atomic mass is 10.1. The van der Waals surface area contributed by atoms with E-state index in [0.717, 1.165) is 48.6 Å². The van der Waals surface area contributed by atoms with Gasteiger partial charge in [-0.25, -0.2) is 4.98 Å². The Kier molecular flexibility index (Phi) is 7.51. The molecule has 0 saturated heterocycles. The fourth-order valence-corrected chi connectivity index (χ4v) is 4.21. The maximum absolute atomic E-state index is 4.98. The van der Waals surface area contributed by atoms with Gasteiger partial charge in [0.25, 0.3) is 0 Å². The van der Waals surface area contributed by atoms with Crippen molar-refractivity contribution in [2.24, 2.45) is 0 Å². The van der Waals surface area contributed by atoms with Crippen molar-refractivity contribution in [1.82, 2.24) is 14.8 Å². The molecule has 0 radical (unpaired) electrons. The Labute approximate surface area is 181 Å². The summed E-state index contributed by atoms with van der Waals surface area (Å²) < 4.78 is 0. The average Bonchev–Trinajstić information content (AvgIpc) is 2.74. The highest BCUT2D eigenvalue weighted by Gasteiger charge is 2.12. The molecule has 5 nitrogen and oxygen atoms in total. The molecule has 2 unspecified atom stereocenters. The fraction of sp³-hybridized carbons (Fsp3) is 0.480. The van der Waals surface area contributed by atoms with Crippen LogP contribution in [0.15, 0.2) is 42.5 Å². The Morgan fingerprint density at radius 1 is 0.667 bits per heavy atom. The summed E-state index contributed by atoms with van der Waals surface area (Å²) in [5.74, 6) is 0. The third-order valence-corrected chi connectivity index (χ3v) is 6.08. The summed E-state index contributed by atoms with van der Waals surface area (Å²) in [6.45, 7) is 17.3. The Morgan fingerprint density at radius 3 is 1.43 bits per heavy atom. The van der Waals surface area contributed by atoms with Gasteiger partial charge in [0.1, 0.15) is 0 Å². The van der Waals surface area contributed by atoms with Crippen LogP contribution in [0.4, 0.5) is 11.4 Å². The second-order valence-electron chi connectivity index (χ2n) is 7.89. The van der Waals surface area contributed by atoms with Crippen LogP contribution in [0.25, 0.3) is 21.8 Å². The molecule has 0 aliphatic carbocycles. The molecule has 1 heterocycles. The van der Waals surface area contributed by atoms with Crippen LogP contribution in [-0.4, -0.2) is 53.3 Å². The topological polar surface area (TPSA) is 43.4 Å². The van der Waals surface area contributed by atoms with Gasteiger partial charge >= 0.3 is 0 Å². The quantitative estimate of drug-likeness (QED) is 0.339. The molecule has 0 saturated carbocycles. The summed E-state index contributed by atoms with van der Waals surface area (Å²) >= 11 is 0. The number of nitrogens with zero attached hydrogens (tertiary/aromatic N) is 3. The lowest BCUT2D eigenvalue weighted by molar-refractivity contribution is 0.253. The summed E-state index contributed by atoms with van der Waals surface area (Å²) in [5.41, 5.74) is 4.26. The highest BCUT2D eigenvalue weighted by molar-refractivity contribution is 5.95. The van der Waals surface area contributed by atoms with Gasteiger partial charge in [-0.3, -0.25) is 9.80 Å². The number of rotatable bonds is 10. The van der Waals surface area contributed by atoms with Gasteiger partial charge in [-0.1, -0.05) is 39.8 Å². The zero-order chi connectivity index (χ0) is 21.7. The van der Waals surface area contributed by atoms with E-state index in [0.29, 0.717) is 0 Å². The van der Waals surface area contributed by atoms with Crippen molar-refractivity contribution in [3.63, 3.8) is 0 Å². The van der Waals surface area contributed by atoms with Crippen molar-refractivity contribution >= 4 is 33.2 Å². The predicted molar refractivity (Wildman–Crippen MR) is 131 cm³/mol. The first kappa shape index (κ1) is 22.3. The maximum Gasteiger partial charge on any atom is 0.0764 e. The second kappa shape index (κ2) is 10.1. The molecule has 0 fully saturated rings. The third-order valence-electron chi connectivity index (χ3n) is 6.08.